The largest absolute Gasteiger partial charge is 0.481 e. The van der Waals surface area contributed by atoms with E-state index < -0.39 is 17.7 Å². The summed E-state index contributed by atoms with van der Waals surface area (Å²) >= 11 is 5.81. The van der Waals surface area contributed by atoms with Crippen LogP contribution >= 0.6 is 11.6 Å². The minimum Gasteiger partial charge on any atom is -0.481 e. The Balaban J connectivity index is 2.00. The average molecular weight is 286 g/mol. The summed E-state index contributed by atoms with van der Waals surface area (Å²) in [6.45, 7) is 0. The molecule has 1 aromatic carbocycles. The first-order chi connectivity index (χ1) is 8.97. The summed E-state index contributed by atoms with van der Waals surface area (Å²) in [4.78, 5) is 22.8. The highest BCUT2D eigenvalue weighted by atomic mass is 35.5. The van der Waals surface area contributed by atoms with Gasteiger partial charge in [-0.05, 0) is 37.5 Å². The van der Waals surface area contributed by atoms with Crippen LogP contribution in [-0.4, -0.2) is 17.0 Å². The minimum atomic E-state index is -0.866. The quantitative estimate of drug-likeness (QED) is 0.897. The smallest absolute Gasteiger partial charge is 0.306 e. The van der Waals surface area contributed by atoms with E-state index in [0.717, 1.165) is 6.07 Å². The van der Waals surface area contributed by atoms with E-state index in [1.165, 1.54) is 12.1 Å². The Morgan fingerprint density at radius 1 is 1.32 bits per heavy atom. The summed E-state index contributed by atoms with van der Waals surface area (Å²) in [5.41, 5.74) is 0.340. The molecule has 0 heterocycles. The Morgan fingerprint density at radius 2 is 2.00 bits per heavy atom. The van der Waals surface area contributed by atoms with Gasteiger partial charge in [0.15, 0.2) is 0 Å². The minimum absolute atomic E-state index is 0.126. The van der Waals surface area contributed by atoms with E-state index in [-0.39, 0.29) is 16.8 Å². The maximum atomic E-state index is 12.9. The Hall–Kier alpha value is -1.62. The van der Waals surface area contributed by atoms with Gasteiger partial charge in [-0.1, -0.05) is 11.6 Å². The molecule has 6 heteroatoms. The molecule has 1 saturated carbocycles. The van der Waals surface area contributed by atoms with Gasteiger partial charge in [-0.3, -0.25) is 9.59 Å². The van der Waals surface area contributed by atoms with Crippen molar-refractivity contribution in [1.82, 2.24) is 0 Å². The predicted molar refractivity (Wildman–Crippen MR) is 68.5 cm³/mol. The molecule has 0 saturated heterocycles. The molecule has 1 aliphatic carbocycles. The molecule has 1 aliphatic rings. The van der Waals surface area contributed by atoms with E-state index in [1.807, 2.05) is 0 Å². The van der Waals surface area contributed by atoms with Crippen molar-refractivity contribution in [2.24, 2.45) is 11.8 Å². The van der Waals surface area contributed by atoms with E-state index >= 15 is 0 Å². The van der Waals surface area contributed by atoms with Gasteiger partial charge in [0.25, 0.3) is 0 Å². The average Bonchev–Trinajstić information content (AvgIpc) is 2.82. The number of halogens is 2. The molecule has 0 aliphatic heterocycles. The van der Waals surface area contributed by atoms with Crippen LogP contribution in [0.25, 0.3) is 0 Å². The Bertz CT molecular complexity index is 521. The van der Waals surface area contributed by atoms with Crippen LogP contribution in [0.3, 0.4) is 0 Å². The maximum Gasteiger partial charge on any atom is 0.306 e. The zero-order chi connectivity index (χ0) is 14.0. The molecule has 0 spiro atoms. The van der Waals surface area contributed by atoms with Crippen molar-refractivity contribution >= 4 is 29.2 Å². The van der Waals surface area contributed by atoms with Crippen LogP contribution in [0, 0.1) is 17.7 Å². The molecule has 2 rings (SSSR count). The van der Waals surface area contributed by atoms with Gasteiger partial charge < -0.3 is 10.4 Å². The third-order valence-electron chi connectivity index (χ3n) is 3.34. The molecule has 0 bridgehead atoms. The number of carboxylic acid groups (broad SMARTS) is 1. The standard InChI is InChI=1S/C13H13ClFNO3/c14-10-6-9(15)3-4-11(10)16-12(17)7-1-2-8(5-7)13(18)19/h3-4,6-8H,1-2,5H2,(H,16,17)(H,18,19). The molecule has 2 unspecified atom stereocenters. The maximum absolute atomic E-state index is 12.9. The van der Waals surface area contributed by atoms with Gasteiger partial charge in [0.05, 0.1) is 16.6 Å². The zero-order valence-corrected chi connectivity index (χ0v) is 10.8. The summed E-state index contributed by atoms with van der Waals surface area (Å²) < 4.78 is 12.9. The van der Waals surface area contributed by atoms with Crippen LogP contribution in [0.2, 0.25) is 5.02 Å². The Morgan fingerprint density at radius 3 is 2.58 bits per heavy atom. The normalized spacial score (nSPS) is 22.2. The van der Waals surface area contributed by atoms with Gasteiger partial charge >= 0.3 is 5.97 Å². The number of carbonyl (C=O) groups is 2. The van der Waals surface area contributed by atoms with Crippen molar-refractivity contribution in [3.05, 3.63) is 29.0 Å². The summed E-state index contributed by atoms with van der Waals surface area (Å²) in [5.74, 6) is -2.40. The number of anilines is 1. The molecule has 102 valence electrons. The van der Waals surface area contributed by atoms with Crippen LogP contribution in [0.4, 0.5) is 10.1 Å². The van der Waals surface area contributed by atoms with Crippen molar-refractivity contribution < 1.29 is 19.1 Å². The molecule has 1 amide bonds. The molecule has 0 aromatic heterocycles. The lowest BCUT2D eigenvalue weighted by Crippen LogP contribution is -2.21. The molecular weight excluding hydrogens is 273 g/mol. The topological polar surface area (TPSA) is 66.4 Å². The van der Waals surface area contributed by atoms with Crippen molar-refractivity contribution in [2.75, 3.05) is 5.32 Å². The zero-order valence-electron chi connectivity index (χ0n) is 10.0. The van der Waals surface area contributed by atoms with Gasteiger partial charge in [0, 0.05) is 5.92 Å². The van der Waals surface area contributed by atoms with E-state index in [0.29, 0.717) is 24.9 Å². The number of carbonyl (C=O) groups excluding carboxylic acids is 1. The lowest BCUT2D eigenvalue weighted by Gasteiger charge is -2.12. The fourth-order valence-corrected chi connectivity index (χ4v) is 2.48. The summed E-state index contributed by atoms with van der Waals surface area (Å²) in [6, 6.07) is 3.71. The number of carboxylic acids is 1. The molecule has 4 nitrogen and oxygen atoms in total. The second-order valence-corrected chi connectivity index (χ2v) is 5.07. The lowest BCUT2D eigenvalue weighted by atomic mass is 10.0. The number of hydrogen-bond donors (Lipinski definition) is 2. The van der Waals surface area contributed by atoms with Gasteiger partial charge in [0.2, 0.25) is 5.91 Å². The highest BCUT2D eigenvalue weighted by molar-refractivity contribution is 6.33. The first-order valence-corrected chi connectivity index (χ1v) is 6.34. The molecule has 19 heavy (non-hydrogen) atoms. The van der Waals surface area contributed by atoms with E-state index in [1.54, 1.807) is 0 Å². The summed E-state index contributed by atoms with van der Waals surface area (Å²) in [6.07, 6.45) is 1.38. The Kier molecular flexibility index (Phi) is 4.04. The highest BCUT2D eigenvalue weighted by Crippen LogP contribution is 2.32. The molecule has 0 radical (unpaired) electrons. The van der Waals surface area contributed by atoms with E-state index in [4.69, 9.17) is 16.7 Å². The van der Waals surface area contributed by atoms with Crippen molar-refractivity contribution in [1.29, 1.82) is 0 Å². The molecular formula is C13H13ClFNO3. The van der Waals surface area contributed by atoms with E-state index in [9.17, 15) is 14.0 Å². The molecule has 2 N–H and O–H groups in total. The number of nitrogens with one attached hydrogen (secondary N) is 1. The van der Waals surface area contributed by atoms with Crippen LogP contribution in [0.1, 0.15) is 19.3 Å². The fraction of sp³-hybridized carbons (Fsp3) is 0.385. The number of hydrogen-bond acceptors (Lipinski definition) is 2. The van der Waals surface area contributed by atoms with Gasteiger partial charge in [-0.2, -0.15) is 0 Å². The summed E-state index contributed by atoms with van der Waals surface area (Å²) in [7, 11) is 0. The predicted octanol–water partition coefficient (Wildman–Crippen LogP) is 2.92. The third-order valence-corrected chi connectivity index (χ3v) is 3.65. The fourth-order valence-electron chi connectivity index (χ4n) is 2.27. The SMILES string of the molecule is O=C(O)C1CCC(C(=O)Nc2ccc(F)cc2Cl)C1. The molecule has 1 fully saturated rings. The monoisotopic (exact) mass is 285 g/mol. The first-order valence-electron chi connectivity index (χ1n) is 5.96. The summed E-state index contributed by atoms with van der Waals surface area (Å²) in [5, 5.41) is 11.6. The second-order valence-electron chi connectivity index (χ2n) is 4.66. The van der Waals surface area contributed by atoms with Crippen molar-refractivity contribution in [3.63, 3.8) is 0 Å². The van der Waals surface area contributed by atoms with Crippen LogP contribution < -0.4 is 5.32 Å². The number of amides is 1. The Labute approximate surface area is 114 Å². The highest BCUT2D eigenvalue weighted by Gasteiger charge is 2.33. The van der Waals surface area contributed by atoms with E-state index in [2.05, 4.69) is 5.32 Å². The van der Waals surface area contributed by atoms with Crippen molar-refractivity contribution in [3.8, 4) is 0 Å². The van der Waals surface area contributed by atoms with Crippen molar-refractivity contribution in [2.45, 2.75) is 19.3 Å². The molecule has 1 aromatic rings. The lowest BCUT2D eigenvalue weighted by molar-refractivity contribution is -0.141. The van der Waals surface area contributed by atoms with Gasteiger partial charge in [-0.15, -0.1) is 0 Å². The van der Waals surface area contributed by atoms with Gasteiger partial charge in [0.1, 0.15) is 5.82 Å². The molecule has 2 atom stereocenters. The first kappa shape index (κ1) is 13.8. The number of aliphatic carboxylic acids is 1. The number of benzene rings is 1. The van der Waals surface area contributed by atoms with Gasteiger partial charge in [-0.25, -0.2) is 4.39 Å². The van der Waals surface area contributed by atoms with Crippen LogP contribution in [-0.2, 0) is 9.59 Å². The number of rotatable bonds is 3. The van der Waals surface area contributed by atoms with Crippen LogP contribution in [0.15, 0.2) is 18.2 Å². The van der Waals surface area contributed by atoms with Crippen LogP contribution in [0.5, 0.6) is 0 Å². The second kappa shape index (κ2) is 5.57. The third kappa shape index (κ3) is 3.23.